The summed E-state index contributed by atoms with van der Waals surface area (Å²) in [6.45, 7) is 0. The van der Waals surface area contributed by atoms with E-state index < -0.39 is 33.3 Å². The van der Waals surface area contributed by atoms with E-state index in [0.717, 1.165) is 19.2 Å². The van der Waals surface area contributed by atoms with E-state index in [0.29, 0.717) is 0 Å². The van der Waals surface area contributed by atoms with Crippen molar-refractivity contribution in [3.8, 4) is 0 Å². The van der Waals surface area contributed by atoms with Crippen molar-refractivity contribution >= 4 is 27.4 Å². The number of halogens is 1. The van der Waals surface area contributed by atoms with Crippen LogP contribution in [-0.4, -0.2) is 33.2 Å². The number of benzene rings is 2. The second-order valence-electron chi connectivity index (χ2n) is 4.81. The Labute approximate surface area is 138 Å². The molecule has 0 heterocycles. The van der Waals surface area contributed by atoms with Crippen LogP contribution in [0.25, 0.3) is 0 Å². The zero-order valence-corrected chi connectivity index (χ0v) is 13.5. The molecule has 2 aromatic rings. The number of hydrogen-bond donors (Lipinski definition) is 1. The van der Waals surface area contributed by atoms with Gasteiger partial charge < -0.3 is 10.1 Å². The highest BCUT2D eigenvalue weighted by atomic mass is 32.2. The van der Waals surface area contributed by atoms with Crippen molar-refractivity contribution in [2.24, 2.45) is 0 Å². The molecule has 0 spiro atoms. The van der Waals surface area contributed by atoms with Gasteiger partial charge in [-0.25, -0.2) is 17.6 Å². The van der Waals surface area contributed by atoms with Crippen LogP contribution in [0.15, 0.2) is 53.4 Å². The first-order valence-corrected chi connectivity index (χ1v) is 8.44. The van der Waals surface area contributed by atoms with E-state index >= 15 is 0 Å². The molecule has 2 aromatic carbocycles. The molecule has 1 N–H and O–H groups in total. The van der Waals surface area contributed by atoms with Gasteiger partial charge in [0.2, 0.25) is 5.91 Å². The van der Waals surface area contributed by atoms with Gasteiger partial charge in [0.1, 0.15) is 11.6 Å². The normalized spacial score (nSPS) is 10.9. The SMILES string of the molecule is COC(=O)c1cc(NC(=O)CS(=O)(=O)c2ccccc2)ccc1F. The molecular weight excluding hydrogens is 337 g/mol. The molecule has 0 radical (unpaired) electrons. The Kier molecular flexibility index (Phi) is 5.30. The third kappa shape index (κ3) is 4.17. The van der Waals surface area contributed by atoms with Gasteiger partial charge in [0.25, 0.3) is 0 Å². The molecule has 0 saturated carbocycles. The highest BCUT2D eigenvalue weighted by Crippen LogP contribution is 2.16. The van der Waals surface area contributed by atoms with Crippen LogP contribution < -0.4 is 5.32 Å². The van der Waals surface area contributed by atoms with Crippen molar-refractivity contribution in [1.29, 1.82) is 0 Å². The Morgan fingerprint density at radius 1 is 1.12 bits per heavy atom. The molecule has 0 saturated heterocycles. The molecule has 24 heavy (non-hydrogen) atoms. The van der Waals surface area contributed by atoms with Crippen LogP contribution in [-0.2, 0) is 19.4 Å². The summed E-state index contributed by atoms with van der Waals surface area (Å²) in [6, 6.07) is 10.8. The van der Waals surface area contributed by atoms with Gasteiger partial charge in [-0.05, 0) is 30.3 Å². The average Bonchev–Trinajstić information content (AvgIpc) is 2.56. The van der Waals surface area contributed by atoms with Crippen LogP contribution in [0.1, 0.15) is 10.4 Å². The lowest BCUT2D eigenvalue weighted by atomic mass is 10.2. The van der Waals surface area contributed by atoms with Gasteiger partial charge in [-0.15, -0.1) is 0 Å². The molecule has 0 aliphatic carbocycles. The molecule has 0 fully saturated rings. The number of sulfone groups is 1. The molecule has 126 valence electrons. The number of rotatable bonds is 5. The Morgan fingerprint density at radius 2 is 1.79 bits per heavy atom. The summed E-state index contributed by atoms with van der Waals surface area (Å²) in [5.41, 5.74) is -0.272. The fourth-order valence-electron chi connectivity index (χ4n) is 1.95. The van der Waals surface area contributed by atoms with E-state index in [2.05, 4.69) is 10.1 Å². The van der Waals surface area contributed by atoms with Crippen molar-refractivity contribution in [1.82, 2.24) is 0 Å². The van der Waals surface area contributed by atoms with E-state index in [9.17, 15) is 22.4 Å². The summed E-state index contributed by atoms with van der Waals surface area (Å²) in [5, 5.41) is 2.32. The Morgan fingerprint density at radius 3 is 2.42 bits per heavy atom. The second kappa shape index (κ2) is 7.22. The predicted molar refractivity (Wildman–Crippen MR) is 84.9 cm³/mol. The van der Waals surface area contributed by atoms with Crippen LogP contribution in [0.4, 0.5) is 10.1 Å². The third-order valence-electron chi connectivity index (χ3n) is 3.08. The van der Waals surface area contributed by atoms with Crippen LogP contribution in [0, 0.1) is 5.82 Å². The van der Waals surface area contributed by atoms with Gasteiger partial charge in [0.05, 0.1) is 17.6 Å². The molecular formula is C16H14FNO5S. The zero-order valence-electron chi connectivity index (χ0n) is 12.7. The maximum Gasteiger partial charge on any atom is 0.340 e. The summed E-state index contributed by atoms with van der Waals surface area (Å²) in [5.74, 6) is -3.29. The second-order valence-corrected chi connectivity index (χ2v) is 6.80. The summed E-state index contributed by atoms with van der Waals surface area (Å²) in [7, 11) is -2.70. The summed E-state index contributed by atoms with van der Waals surface area (Å²) >= 11 is 0. The summed E-state index contributed by atoms with van der Waals surface area (Å²) in [4.78, 5) is 23.4. The van der Waals surface area contributed by atoms with Gasteiger partial charge in [-0.1, -0.05) is 18.2 Å². The van der Waals surface area contributed by atoms with Gasteiger partial charge >= 0.3 is 5.97 Å². The van der Waals surface area contributed by atoms with Gasteiger partial charge in [0, 0.05) is 5.69 Å². The van der Waals surface area contributed by atoms with Crippen molar-refractivity contribution in [2.45, 2.75) is 4.90 Å². The van der Waals surface area contributed by atoms with Crippen LogP contribution in [0.5, 0.6) is 0 Å². The molecule has 0 aliphatic rings. The van der Waals surface area contributed by atoms with Crippen LogP contribution >= 0.6 is 0 Å². The largest absolute Gasteiger partial charge is 0.465 e. The molecule has 8 heteroatoms. The molecule has 0 bridgehead atoms. The van der Waals surface area contributed by atoms with Crippen molar-refractivity contribution in [3.63, 3.8) is 0 Å². The number of nitrogens with one attached hydrogen (secondary N) is 1. The van der Waals surface area contributed by atoms with Gasteiger partial charge in [-0.2, -0.15) is 0 Å². The lowest BCUT2D eigenvalue weighted by Gasteiger charge is -2.08. The van der Waals surface area contributed by atoms with Gasteiger partial charge in [-0.3, -0.25) is 4.79 Å². The van der Waals surface area contributed by atoms with Crippen LogP contribution in [0.2, 0.25) is 0 Å². The first kappa shape index (κ1) is 17.6. The number of carbonyl (C=O) groups is 2. The van der Waals surface area contributed by atoms with Crippen molar-refractivity contribution in [3.05, 3.63) is 59.9 Å². The topological polar surface area (TPSA) is 89.5 Å². The van der Waals surface area contributed by atoms with Crippen molar-refractivity contribution < 1.29 is 27.1 Å². The third-order valence-corrected chi connectivity index (χ3v) is 4.71. The molecule has 1 amide bonds. The standard InChI is InChI=1S/C16H14FNO5S/c1-23-16(20)13-9-11(7-8-14(13)17)18-15(19)10-24(21,22)12-5-3-2-4-6-12/h2-9H,10H2,1H3,(H,18,19). The number of anilines is 1. The molecule has 2 rings (SSSR count). The van der Waals surface area contributed by atoms with E-state index in [1.165, 1.54) is 18.2 Å². The number of amides is 1. The Balaban J connectivity index is 2.14. The van der Waals surface area contributed by atoms with E-state index in [4.69, 9.17) is 0 Å². The monoisotopic (exact) mass is 351 g/mol. The van der Waals surface area contributed by atoms with E-state index in [1.54, 1.807) is 18.2 Å². The number of esters is 1. The smallest absolute Gasteiger partial charge is 0.340 e. The van der Waals surface area contributed by atoms with E-state index in [1.807, 2.05) is 0 Å². The fourth-order valence-corrected chi connectivity index (χ4v) is 3.11. The van der Waals surface area contributed by atoms with E-state index in [-0.39, 0.29) is 16.1 Å². The minimum Gasteiger partial charge on any atom is -0.465 e. The molecule has 0 aromatic heterocycles. The fraction of sp³-hybridized carbons (Fsp3) is 0.125. The average molecular weight is 351 g/mol. The first-order chi connectivity index (χ1) is 11.3. The number of ether oxygens (including phenoxy) is 1. The first-order valence-electron chi connectivity index (χ1n) is 6.79. The lowest BCUT2D eigenvalue weighted by molar-refractivity contribution is -0.113. The Hall–Kier alpha value is -2.74. The van der Waals surface area contributed by atoms with Crippen LogP contribution in [0.3, 0.4) is 0 Å². The van der Waals surface area contributed by atoms with Gasteiger partial charge in [0.15, 0.2) is 9.84 Å². The molecule has 0 unspecified atom stereocenters. The maximum absolute atomic E-state index is 13.5. The number of hydrogen-bond acceptors (Lipinski definition) is 5. The predicted octanol–water partition coefficient (Wildman–Crippen LogP) is 2.02. The minimum atomic E-state index is -3.80. The number of methoxy groups -OCH3 is 1. The number of carbonyl (C=O) groups excluding carboxylic acids is 2. The quantitative estimate of drug-likeness (QED) is 0.833. The maximum atomic E-state index is 13.5. The van der Waals surface area contributed by atoms with Crippen molar-refractivity contribution in [2.75, 3.05) is 18.2 Å². The highest BCUT2D eigenvalue weighted by Gasteiger charge is 2.20. The molecule has 0 atom stereocenters. The Bertz CT molecular complexity index is 865. The zero-order chi connectivity index (χ0) is 17.7. The summed E-state index contributed by atoms with van der Waals surface area (Å²) < 4.78 is 42.2. The summed E-state index contributed by atoms with van der Waals surface area (Å²) in [6.07, 6.45) is 0. The molecule has 6 nitrogen and oxygen atoms in total. The highest BCUT2D eigenvalue weighted by molar-refractivity contribution is 7.92. The molecule has 0 aliphatic heterocycles. The lowest BCUT2D eigenvalue weighted by Crippen LogP contribution is -2.23. The minimum absolute atomic E-state index is 0.0227.